The monoisotopic (exact) mass is 410 g/mol. The molecular weight excluding hydrogens is 399 g/mol. The van der Waals surface area contributed by atoms with E-state index in [9.17, 15) is 19.2 Å². The molecule has 0 atom stereocenters. The Hall–Kier alpha value is -2.22. The van der Waals surface area contributed by atoms with Gasteiger partial charge in [-0.05, 0) is 29.6 Å². The van der Waals surface area contributed by atoms with Gasteiger partial charge in [-0.1, -0.05) is 29.3 Å². The molecule has 2 heterocycles. The van der Waals surface area contributed by atoms with Crippen LogP contribution in [0.4, 0.5) is 0 Å². The van der Waals surface area contributed by atoms with Gasteiger partial charge in [0.1, 0.15) is 6.54 Å². The minimum Gasteiger partial charge on any atom is -0.291 e. The highest BCUT2D eigenvalue weighted by Crippen LogP contribution is 2.25. The lowest BCUT2D eigenvalue weighted by Crippen LogP contribution is -2.51. The van der Waals surface area contributed by atoms with E-state index >= 15 is 0 Å². The van der Waals surface area contributed by atoms with Gasteiger partial charge in [0.15, 0.2) is 5.78 Å². The molecule has 1 aromatic carbocycles. The summed E-state index contributed by atoms with van der Waals surface area (Å²) in [6.07, 6.45) is -0.00560. The summed E-state index contributed by atoms with van der Waals surface area (Å²) < 4.78 is 0. The smallest absolute Gasteiger partial charge is 0.273 e. The maximum Gasteiger partial charge on any atom is 0.273 e. The number of carbonyl (C=O) groups excluding carboxylic acids is 4. The van der Waals surface area contributed by atoms with Crippen LogP contribution in [-0.4, -0.2) is 40.1 Å². The largest absolute Gasteiger partial charge is 0.291 e. The second kappa shape index (κ2) is 7.57. The first-order chi connectivity index (χ1) is 12.4. The first-order valence-corrected chi connectivity index (χ1v) is 9.21. The van der Waals surface area contributed by atoms with E-state index < -0.39 is 24.3 Å². The fourth-order valence-corrected chi connectivity index (χ4v) is 3.45. The van der Waals surface area contributed by atoms with Gasteiger partial charge < -0.3 is 0 Å². The Kier molecular flexibility index (Phi) is 5.41. The van der Waals surface area contributed by atoms with E-state index in [0.717, 1.165) is 10.0 Å². The Bertz CT molecular complexity index is 882. The average Bonchev–Trinajstić information content (AvgIpc) is 3.25. The van der Waals surface area contributed by atoms with Crippen LogP contribution in [0.2, 0.25) is 10.0 Å². The number of ketones is 1. The third-order valence-electron chi connectivity index (χ3n) is 3.76. The first-order valence-electron chi connectivity index (χ1n) is 7.58. The number of carbonyl (C=O) groups is 4. The van der Waals surface area contributed by atoms with Crippen LogP contribution in [0.15, 0.2) is 35.7 Å². The minimum absolute atomic E-state index is 0.00280. The number of thiophene rings is 1. The summed E-state index contributed by atoms with van der Waals surface area (Å²) in [5.41, 5.74) is 0.117. The standard InChI is InChI=1S/C17H12Cl2N2O4S/c18-11-4-3-10(8-12(11)19)17(25)20(21-15(23)5-6-16(21)24)9-13(22)14-2-1-7-26-14/h1-4,7-8H,5-6,9H2. The van der Waals surface area contributed by atoms with Gasteiger partial charge in [-0.3, -0.25) is 19.2 Å². The fourth-order valence-electron chi connectivity index (χ4n) is 2.50. The van der Waals surface area contributed by atoms with E-state index in [0.29, 0.717) is 4.88 Å². The maximum atomic E-state index is 12.9. The number of halogens is 2. The highest BCUT2D eigenvalue weighted by molar-refractivity contribution is 7.12. The van der Waals surface area contributed by atoms with Crippen LogP contribution in [0.5, 0.6) is 0 Å². The van der Waals surface area contributed by atoms with E-state index in [1.807, 2.05) is 0 Å². The Morgan fingerprint density at radius 2 is 1.77 bits per heavy atom. The molecule has 0 unspecified atom stereocenters. The molecule has 1 aromatic heterocycles. The molecule has 0 bridgehead atoms. The molecule has 0 saturated carbocycles. The van der Waals surface area contributed by atoms with Crippen molar-refractivity contribution in [2.24, 2.45) is 0 Å². The number of imide groups is 1. The SMILES string of the molecule is O=C(CN(C(=O)c1ccc(Cl)c(Cl)c1)N1C(=O)CCC1=O)c1cccs1. The molecule has 3 amide bonds. The molecule has 1 saturated heterocycles. The molecule has 1 aliphatic heterocycles. The summed E-state index contributed by atoms with van der Waals surface area (Å²) in [6, 6.07) is 7.51. The summed E-state index contributed by atoms with van der Waals surface area (Å²) >= 11 is 13.0. The average molecular weight is 411 g/mol. The van der Waals surface area contributed by atoms with Gasteiger partial charge in [-0.25, -0.2) is 5.01 Å². The molecule has 2 aromatic rings. The van der Waals surface area contributed by atoms with Gasteiger partial charge in [-0.2, -0.15) is 5.01 Å². The molecule has 0 aliphatic carbocycles. The van der Waals surface area contributed by atoms with Crippen LogP contribution in [0, 0.1) is 0 Å². The van der Waals surface area contributed by atoms with Crippen molar-refractivity contribution in [1.29, 1.82) is 0 Å². The number of benzene rings is 1. The normalized spacial score (nSPS) is 14.0. The van der Waals surface area contributed by atoms with Crippen molar-refractivity contribution in [3.8, 4) is 0 Å². The summed E-state index contributed by atoms with van der Waals surface area (Å²) in [4.78, 5) is 50.0. The van der Waals surface area contributed by atoms with Gasteiger partial charge in [0.25, 0.3) is 5.91 Å². The van der Waals surface area contributed by atoms with Crippen LogP contribution in [0.3, 0.4) is 0 Å². The van der Waals surface area contributed by atoms with Gasteiger partial charge in [0.2, 0.25) is 11.8 Å². The van der Waals surface area contributed by atoms with Crippen LogP contribution < -0.4 is 0 Å². The van der Waals surface area contributed by atoms with Crippen molar-refractivity contribution >= 4 is 58.0 Å². The Morgan fingerprint density at radius 1 is 1.08 bits per heavy atom. The zero-order valence-electron chi connectivity index (χ0n) is 13.3. The van der Waals surface area contributed by atoms with E-state index in [1.54, 1.807) is 17.5 Å². The number of rotatable bonds is 5. The van der Waals surface area contributed by atoms with Gasteiger partial charge >= 0.3 is 0 Å². The number of Topliss-reactive ketones (excluding diaryl/α,β-unsaturated/α-hetero) is 1. The number of nitrogens with zero attached hydrogens (tertiary/aromatic N) is 2. The number of amides is 3. The second-order valence-electron chi connectivity index (χ2n) is 5.49. The lowest BCUT2D eigenvalue weighted by Gasteiger charge is -2.29. The molecule has 9 heteroatoms. The van der Waals surface area contributed by atoms with Crippen LogP contribution >= 0.6 is 34.5 Å². The third-order valence-corrected chi connectivity index (χ3v) is 5.41. The Labute approximate surface area is 162 Å². The highest BCUT2D eigenvalue weighted by Gasteiger charge is 2.38. The van der Waals surface area contributed by atoms with E-state index in [4.69, 9.17) is 23.2 Å². The quantitative estimate of drug-likeness (QED) is 0.558. The van der Waals surface area contributed by atoms with Gasteiger partial charge in [0, 0.05) is 18.4 Å². The summed E-state index contributed by atoms with van der Waals surface area (Å²) in [7, 11) is 0. The fraction of sp³-hybridized carbons (Fsp3) is 0.176. The third kappa shape index (κ3) is 3.65. The van der Waals surface area contributed by atoms with Crippen LogP contribution in [-0.2, 0) is 9.59 Å². The minimum atomic E-state index is -0.683. The molecule has 1 fully saturated rings. The van der Waals surface area contributed by atoms with Crippen molar-refractivity contribution < 1.29 is 19.2 Å². The van der Waals surface area contributed by atoms with E-state index in [2.05, 4.69) is 0 Å². The van der Waals surface area contributed by atoms with Crippen molar-refractivity contribution in [2.45, 2.75) is 12.8 Å². The summed E-state index contributed by atoms with van der Waals surface area (Å²) in [6.45, 7) is -0.433. The molecule has 3 rings (SSSR count). The highest BCUT2D eigenvalue weighted by atomic mass is 35.5. The molecule has 0 N–H and O–H groups in total. The number of hydrogen-bond acceptors (Lipinski definition) is 5. The lowest BCUT2D eigenvalue weighted by atomic mass is 10.2. The first kappa shape index (κ1) is 18.6. The van der Waals surface area contributed by atoms with Crippen molar-refractivity contribution in [3.63, 3.8) is 0 Å². The van der Waals surface area contributed by atoms with E-state index in [1.165, 1.54) is 29.5 Å². The van der Waals surface area contributed by atoms with Crippen molar-refractivity contribution in [3.05, 3.63) is 56.2 Å². The second-order valence-corrected chi connectivity index (χ2v) is 7.25. The molecular formula is C17H12Cl2N2O4S. The number of hydrazine groups is 1. The Morgan fingerprint density at radius 3 is 2.35 bits per heavy atom. The molecule has 26 heavy (non-hydrogen) atoms. The molecule has 134 valence electrons. The zero-order valence-corrected chi connectivity index (χ0v) is 15.6. The summed E-state index contributed by atoms with van der Waals surface area (Å²) in [5, 5.41) is 3.76. The van der Waals surface area contributed by atoms with Crippen molar-refractivity contribution in [2.75, 3.05) is 6.54 Å². The van der Waals surface area contributed by atoms with Crippen LogP contribution in [0.25, 0.3) is 0 Å². The number of hydrogen-bond donors (Lipinski definition) is 0. The molecule has 1 aliphatic rings. The van der Waals surface area contributed by atoms with Gasteiger partial charge in [-0.15, -0.1) is 11.3 Å². The molecule has 6 nitrogen and oxygen atoms in total. The molecule has 0 radical (unpaired) electrons. The molecule has 0 spiro atoms. The van der Waals surface area contributed by atoms with E-state index in [-0.39, 0.29) is 34.2 Å². The maximum absolute atomic E-state index is 12.9. The lowest BCUT2D eigenvalue weighted by molar-refractivity contribution is -0.152. The predicted octanol–water partition coefficient (Wildman–Crippen LogP) is 3.44. The summed E-state index contributed by atoms with van der Waals surface area (Å²) in [5.74, 6) is -2.11. The topological polar surface area (TPSA) is 74.8 Å². The predicted molar refractivity (Wildman–Crippen MR) is 97.2 cm³/mol. The van der Waals surface area contributed by atoms with Crippen molar-refractivity contribution in [1.82, 2.24) is 10.0 Å². The zero-order chi connectivity index (χ0) is 18.8. The van der Waals surface area contributed by atoms with Gasteiger partial charge in [0.05, 0.1) is 14.9 Å². The van der Waals surface area contributed by atoms with Crippen LogP contribution in [0.1, 0.15) is 32.9 Å². The Balaban J connectivity index is 1.95.